The van der Waals surface area contributed by atoms with Gasteiger partial charge in [0.25, 0.3) is 5.69 Å². The number of thioether (sulfide) groups is 1. The summed E-state index contributed by atoms with van der Waals surface area (Å²) in [6.45, 7) is 10.8. The fraction of sp³-hybridized carbons (Fsp3) is 0.261. The van der Waals surface area contributed by atoms with Crippen molar-refractivity contribution in [2.24, 2.45) is 0 Å². The fourth-order valence-electron chi connectivity index (χ4n) is 3.08. The lowest BCUT2D eigenvalue weighted by atomic mass is 9.87. The maximum atomic E-state index is 12.4. The van der Waals surface area contributed by atoms with Crippen LogP contribution in [0, 0.1) is 10.1 Å². The average molecular weight is 486 g/mol. The number of amides is 1. The van der Waals surface area contributed by atoms with Crippen LogP contribution in [-0.4, -0.2) is 31.3 Å². The van der Waals surface area contributed by atoms with E-state index >= 15 is 0 Å². The molecule has 0 unspecified atom stereocenters. The van der Waals surface area contributed by atoms with Crippen molar-refractivity contribution in [1.82, 2.24) is 14.8 Å². The van der Waals surface area contributed by atoms with Gasteiger partial charge in [0.15, 0.2) is 11.0 Å². The minimum absolute atomic E-state index is 0.00737. The van der Waals surface area contributed by atoms with E-state index in [4.69, 9.17) is 11.6 Å². The van der Waals surface area contributed by atoms with E-state index in [2.05, 4.69) is 55.0 Å². The Hall–Kier alpha value is -3.17. The molecule has 8 nitrogen and oxygen atoms in total. The normalized spacial score (nSPS) is 11.3. The number of carbonyl (C=O) groups excluding carboxylic acids is 1. The SMILES string of the molecule is C=CCn1c(SCC(=O)Nc2ccc(Cl)c([N+](=O)[O-])c2)nnc1-c1ccc(C(C)(C)C)cc1. The van der Waals surface area contributed by atoms with E-state index in [1.165, 1.54) is 35.5 Å². The van der Waals surface area contributed by atoms with Crippen LogP contribution in [0.3, 0.4) is 0 Å². The quantitative estimate of drug-likeness (QED) is 0.189. The molecule has 0 bridgehead atoms. The fourth-order valence-corrected chi connectivity index (χ4v) is 4.01. The van der Waals surface area contributed by atoms with E-state index in [-0.39, 0.29) is 27.8 Å². The lowest BCUT2D eigenvalue weighted by Crippen LogP contribution is -2.15. The molecular weight excluding hydrogens is 462 g/mol. The molecule has 0 aliphatic rings. The third-order valence-corrected chi connectivity index (χ3v) is 6.08. The highest BCUT2D eigenvalue weighted by atomic mass is 35.5. The molecule has 0 radical (unpaired) electrons. The van der Waals surface area contributed by atoms with Gasteiger partial charge in [-0.05, 0) is 23.1 Å². The largest absolute Gasteiger partial charge is 0.325 e. The third kappa shape index (κ3) is 6.00. The minimum Gasteiger partial charge on any atom is -0.325 e. The van der Waals surface area contributed by atoms with Crippen molar-refractivity contribution in [2.45, 2.75) is 37.9 Å². The first-order chi connectivity index (χ1) is 15.6. The number of halogens is 1. The molecule has 2 aromatic carbocycles. The van der Waals surface area contributed by atoms with Crippen LogP contribution in [0.4, 0.5) is 11.4 Å². The van der Waals surface area contributed by atoms with Crippen LogP contribution in [0.1, 0.15) is 26.3 Å². The van der Waals surface area contributed by atoms with Gasteiger partial charge < -0.3 is 5.32 Å². The number of nitro benzene ring substituents is 1. The smallest absolute Gasteiger partial charge is 0.289 e. The third-order valence-electron chi connectivity index (χ3n) is 4.80. The number of allylic oxidation sites excluding steroid dienone is 1. The van der Waals surface area contributed by atoms with E-state index in [1.54, 1.807) is 6.08 Å². The van der Waals surface area contributed by atoms with E-state index in [0.29, 0.717) is 23.2 Å². The lowest BCUT2D eigenvalue weighted by Gasteiger charge is -2.19. The van der Waals surface area contributed by atoms with Crippen LogP contribution < -0.4 is 5.32 Å². The molecule has 1 aromatic heterocycles. The molecule has 0 aliphatic carbocycles. The predicted octanol–water partition coefficient (Wildman–Crippen LogP) is 5.72. The summed E-state index contributed by atoms with van der Waals surface area (Å²) in [4.78, 5) is 22.9. The van der Waals surface area contributed by atoms with Crippen molar-refractivity contribution in [3.63, 3.8) is 0 Å². The molecule has 0 saturated heterocycles. The van der Waals surface area contributed by atoms with Crippen molar-refractivity contribution in [3.05, 3.63) is 75.8 Å². The van der Waals surface area contributed by atoms with Gasteiger partial charge in [0.1, 0.15) is 5.02 Å². The van der Waals surface area contributed by atoms with Gasteiger partial charge in [-0.15, -0.1) is 16.8 Å². The first-order valence-corrected chi connectivity index (χ1v) is 11.5. The molecule has 1 amide bonds. The molecular formula is C23H24ClN5O3S. The van der Waals surface area contributed by atoms with Crippen molar-refractivity contribution >= 4 is 40.6 Å². The Morgan fingerprint density at radius 2 is 1.94 bits per heavy atom. The van der Waals surface area contributed by atoms with Crippen LogP contribution in [0.5, 0.6) is 0 Å². The zero-order valence-electron chi connectivity index (χ0n) is 18.5. The van der Waals surface area contributed by atoms with Crippen LogP contribution >= 0.6 is 23.4 Å². The number of hydrogen-bond acceptors (Lipinski definition) is 6. The van der Waals surface area contributed by atoms with Gasteiger partial charge in [0.2, 0.25) is 5.91 Å². The van der Waals surface area contributed by atoms with Crippen molar-refractivity contribution in [3.8, 4) is 11.4 Å². The minimum atomic E-state index is -0.597. The van der Waals surface area contributed by atoms with Gasteiger partial charge in [-0.1, -0.05) is 74.5 Å². The summed E-state index contributed by atoms with van der Waals surface area (Å²) in [5, 5.41) is 22.8. The predicted molar refractivity (Wildman–Crippen MR) is 132 cm³/mol. The Kier molecular flexibility index (Phi) is 7.55. The summed E-state index contributed by atoms with van der Waals surface area (Å²) in [6.07, 6.45) is 1.74. The zero-order chi connectivity index (χ0) is 24.2. The average Bonchev–Trinajstić information content (AvgIpc) is 3.16. The van der Waals surface area contributed by atoms with Crippen molar-refractivity contribution in [2.75, 3.05) is 11.1 Å². The van der Waals surface area contributed by atoms with Gasteiger partial charge in [-0.3, -0.25) is 19.5 Å². The number of nitrogens with one attached hydrogen (secondary N) is 1. The van der Waals surface area contributed by atoms with E-state index < -0.39 is 4.92 Å². The standard InChI is InChI=1S/C23H24ClN5O3S/c1-5-12-28-21(15-6-8-16(9-7-15)23(2,3)4)26-27-22(28)33-14-20(30)25-17-10-11-18(24)19(13-17)29(31)32/h5-11,13H,1,12,14H2,2-4H3,(H,25,30). The van der Waals surface area contributed by atoms with E-state index in [1.807, 2.05) is 16.7 Å². The molecule has 0 saturated carbocycles. The van der Waals surface area contributed by atoms with Crippen LogP contribution in [0.2, 0.25) is 5.02 Å². The first kappa shape index (κ1) is 24.5. The van der Waals surface area contributed by atoms with Gasteiger partial charge in [-0.2, -0.15) is 0 Å². The summed E-state index contributed by atoms with van der Waals surface area (Å²) in [5.41, 5.74) is 2.21. The number of nitro groups is 1. The Bertz CT molecular complexity index is 1190. The summed E-state index contributed by atoms with van der Waals surface area (Å²) in [6, 6.07) is 12.3. The number of aromatic nitrogens is 3. The molecule has 3 rings (SSSR count). The Morgan fingerprint density at radius 3 is 2.55 bits per heavy atom. The number of anilines is 1. The molecule has 0 fully saturated rings. The van der Waals surface area contributed by atoms with Gasteiger partial charge in [0, 0.05) is 23.9 Å². The maximum absolute atomic E-state index is 12.4. The Labute approximate surface area is 201 Å². The summed E-state index contributed by atoms with van der Waals surface area (Å²) in [7, 11) is 0. The molecule has 33 heavy (non-hydrogen) atoms. The first-order valence-electron chi connectivity index (χ1n) is 10.1. The molecule has 0 aliphatic heterocycles. The van der Waals surface area contributed by atoms with Gasteiger partial charge >= 0.3 is 0 Å². The second-order valence-electron chi connectivity index (χ2n) is 8.29. The highest BCUT2D eigenvalue weighted by Gasteiger charge is 2.18. The highest BCUT2D eigenvalue weighted by molar-refractivity contribution is 7.99. The number of rotatable bonds is 8. The van der Waals surface area contributed by atoms with Crippen molar-refractivity contribution < 1.29 is 9.72 Å². The second-order valence-corrected chi connectivity index (χ2v) is 9.64. The van der Waals surface area contributed by atoms with Crippen LogP contribution in [-0.2, 0) is 16.8 Å². The van der Waals surface area contributed by atoms with Crippen LogP contribution in [0.15, 0.2) is 60.3 Å². The van der Waals surface area contributed by atoms with Crippen molar-refractivity contribution in [1.29, 1.82) is 0 Å². The Balaban J connectivity index is 1.73. The molecule has 10 heteroatoms. The summed E-state index contributed by atoms with van der Waals surface area (Å²) < 4.78 is 1.89. The molecule has 1 N–H and O–H groups in total. The van der Waals surface area contributed by atoms with E-state index in [0.717, 1.165) is 5.56 Å². The molecule has 0 spiro atoms. The number of carbonyl (C=O) groups is 1. The molecule has 1 heterocycles. The zero-order valence-corrected chi connectivity index (χ0v) is 20.1. The highest BCUT2D eigenvalue weighted by Crippen LogP contribution is 2.29. The number of hydrogen-bond donors (Lipinski definition) is 1. The number of benzene rings is 2. The Morgan fingerprint density at radius 1 is 1.24 bits per heavy atom. The lowest BCUT2D eigenvalue weighted by molar-refractivity contribution is -0.384. The second kappa shape index (κ2) is 10.2. The van der Waals surface area contributed by atoms with E-state index in [9.17, 15) is 14.9 Å². The summed E-state index contributed by atoms with van der Waals surface area (Å²) >= 11 is 7.04. The number of nitrogens with zero attached hydrogens (tertiary/aromatic N) is 4. The topological polar surface area (TPSA) is 103 Å². The molecule has 3 aromatic rings. The van der Waals surface area contributed by atoms with Gasteiger partial charge in [-0.25, -0.2) is 0 Å². The van der Waals surface area contributed by atoms with Crippen LogP contribution in [0.25, 0.3) is 11.4 Å². The molecule has 0 atom stereocenters. The monoisotopic (exact) mass is 485 g/mol. The maximum Gasteiger partial charge on any atom is 0.289 e. The molecule has 172 valence electrons. The van der Waals surface area contributed by atoms with Gasteiger partial charge in [0.05, 0.1) is 10.7 Å². The summed E-state index contributed by atoms with van der Waals surface area (Å²) in [5.74, 6) is 0.404.